The second kappa shape index (κ2) is 8.09. The van der Waals surface area contributed by atoms with Crippen LogP contribution in [0.5, 0.6) is 5.06 Å². The van der Waals surface area contributed by atoms with Crippen molar-refractivity contribution >= 4 is 34.9 Å². The van der Waals surface area contributed by atoms with Crippen LogP contribution in [0.4, 0.5) is 0 Å². The largest absolute Gasteiger partial charge is 0.480 e. The lowest BCUT2D eigenvalue weighted by molar-refractivity contribution is -0.152. The molecule has 0 saturated carbocycles. The Bertz CT molecular complexity index is 939. The Labute approximate surface area is 180 Å². The molecule has 7 heteroatoms. The maximum atomic E-state index is 12.4. The van der Waals surface area contributed by atoms with Gasteiger partial charge in [-0.05, 0) is 51.3 Å². The maximum absolute atomic E-state index is 12.4. The number of thiophene rings is 1. The van der Waals surface area contributed by atoms with Gasteiger partial charge in [0.05, 0.1) is 5.41 Å². The molecule has 1 atom stereocenters. The molecule has 0 bridgehead atoms. The van der Waals surface area contributed by atoms with Crippen LogP contribution in [-0.2, 0) is 28.1 Å². The molecule has 2 heterocycles. The predicted molar refractivity (Wildman–Crippen MR) is 115 cm³/mol. The number of aliphatic carboxylic acids is 1. The number of halogens is 1. The molecule has 1 unspecified atom stereocenters. The van der Waals surface area contributed by atoms with E-state index in [2.05, 4.69) is 0 Å². The van der Waals surface area contributed by atoms with E-state index in [9.17, 15) is 14.7 Å². The van der Waals surface area contributed by atoms with Gasteiger partial charge in [-0.1, -0.05) is 36.7 Å². The SMILES string of the molecule is CCC(C)(C)C(=O)Oc1cc2c(s1)CCN(C(C)(C(=O)O)c1ccccc1Cl)C2. The van der Waals surface area contributed by atoms with Crippen LogP contribution >= 0.6 is 22.9 Å². The highest BCUT2D eigenvalue weighted by molar-refractivity contribution is 7.14. The first-order chi connectivity index (χ1) is 13.6. The number of hydrogen-bond acceptors (Lipinski definition) is 5. The van der Waals surface area contributed by atoms with Gasteiger partial charge in [0.1, 0.15) is 5.54 Å². The van der Waals surface area contributed by atoms with Crippen molar-refractivity contribution in [2.45, 2.75) is 52.6 Å². The summed E-state index contributed by atoms with van der Waals surface area (Å²) < 4.78 is 5.62. The molecule has 1 aliphatic heterocycles. The third-order valence-electron chi connectivity index (χ3n) is 5.92. The molecule has 0 amide bonds. The van der Waals surface area contributed by atoms with Crippen LogP contribution in [0.15, 0.2) is 30.3 Å². The average molecular weight is 436 g/mol. The zero-order chi connectivity index (χ0) is 21.4. The fourth-order valence-electron chi connectivity index (χ4n) is 3.39. The Morgan fingerprint density at radius 2 is 1.97 bits per heavy atom. The van der Waals surface area contributed by atoms with Gasteiger partial charge in [-0.3, -0.25) is 9.69 Å². The van der Waals surface area contributed by atoms with E-state index in [1.54, 1.807) is 31.2 Å². The van der Waals surface area contributed by atoms with E-state index in [-0.39, 0.29) is 5.97 Å². The van der Waals surface area contributed by atoms with E-state index in [0.29, 0.717) is 41.6 Å². The molecule has 0 saturated heterocycles. The van der Waals surface area contributed by atoms with E-state index in [4.69, 9.17) is 16.3 Å². The van der Waals surface area contributed by atoms with Crippen molar-refractivity contribution in [2.24, 2.45) is 5.41 Å². The summed E-state index contributed by atoms with van der Waals surface area (Å²) in [7, 11) is 0. The first-order valence-electron chi connectivity index (χ1n) is 9.67. The van der Waals surface area contributed by atoms with Crippen LogP contribution in [0.25, 0.3) is 0 Å². The number of esters is 1. The normalized spacial score (nSPS) is 16.7. The monoisotopic (exact) mass is 435 g/mol. The zero-order valence-corrected chi connectivity index (χ0v) is 18.7. The highest BCUT2D eigenvalue weighted by atomic mass is 35.5. The Balaban J connectivity index is 1.87. The fourth-order valence-corrected chi connectivity index (χ4v) is 4.72. The predicted octanol–water partition coefficient (Wildman–Crippen LogP) is 5.10. The van der Waals surface area contributed by atoms with Crippen LogP contribution in [0.2, 0.25) is 5.02 Å². The van der Waals surface area contributed by atoms with Crippen LogP contribution in [-0.4, -0.2) is 28.5 Å². The van der Waals surface area contributed by atoms with Crippen molar-refractivity contribution in [1.29, 1.82) is 0 Å². The zero-order valence-electron chi connectivity index (χ0n) is 17.1. The Morgan fingerprint density at radius 3 is 2.59 bits per heavy atom. The van der Waals surface area contributed by atoms with Crippen LogP contribution in [0.3, 0.4) is 0 Å². The summed E-state index contributed by atoms with van der Waals surface area (Å²) in [5.74, 6) is -1.19. The van der Waals surface area contributed by atoms with Gasteiger partial charge in [0.2, 0.25) is 0 Å². The van der Waals surface area contributed by atoms with Crippen molar-refractivity contribution in [3.05, 3.63) is 51.4 Å². The van der Waals surface area contributed by atoms with E-state index in [0.717, 1.165) is 10.4 Å². The molecular formula is C22H26ClNO4S. The first-order valence-corrected chi connectivity index (χ1v) is 10.9. The van der Waals surface area contributed by atoms with E-state index in [1.165, 1.54) is 11.3 Å². The smallest absolute Gasteiger partial charge is 0.328 e. The van der Waals surface area contributed by atoms with E-state index < -0.39 is 16.9 Å². The number of hydrogen-bond donors (Lipinski definition) is 1. The second-order valence-electron chi connectivity index (χ2n) is 8.17. The third kappa shape index (κ3) is 4.06. The quantitative estimate of drug-likeness (QED) is 0.639. The van der Waals surface area contributed by atoms with Crippen molar-refractivity contribution < 1.29 is 19.4 Å². The number of rotatable bonds is 6. The third-order valence-corrected chi connectivity index (χ3v) is 7.37. The molecule has 1 N–H and O–H groups in total. The van der Waals surface area contributed by atoms with Gasteiger partial charge in [0.15, 0.2) is 5.06 Å². The van der Waals surface area contributed by atoms with Crippen LogP contribution < -0.4 is 4.74 Å². The summed E-state index contributed by atoms with van der Waals surface area (Å²) in [4.78, 5) is 27.8. The van der Waals surface area contributed by atoms with Crippen molar-refractivity contribution in [3.8, 4) is 5.06 Å². The number of nitrogens with zero attached hydrogens (tertiary/aromatic N) is 1. The topological polar surface area (TPSA) is 66.8 Å². The van der Waals surface area contributed by atoms with Crippen LogP contribution in [0, 0.1) is 5.41 Å². The summed E-state index contributed by atoms with van der Waals surface area (Å²) in [5.41, 5.74) is -0.219. The molecule has 1 aliphatic rings. The van der Waals surface area contributed by atoms with Gasteiger partial charge in [-0.2, -0.15) is 0 Å². The number of carboxylic acids is 1. The summed E-state index contributed by atoms with van der Waals surface area (Å²) in [5, 5.41) is 11.1. The number of carbonyl (C=O) groups excluding carboxylic acids is 1. The summed E-state index contributed by atoms with van der Waals surface area (Å²) in [6.07, 6.45) is 1.39. The van der Waals surface area contributed by atoms with Gasteiger partial charge < -0.3 is 9.84 Å². The van der Waals surface area contributed by atoms with Gasteiger partial charge in [0.25, 0.3) is 0 Å². The van der Waals surface area contributed by atoms with E-state index in [1.807, 2.05) is 31.7 Å². The lowest BCUT2D eigenvalue weighted by Gasteiger charge is -2.40. The lowest BCUT2D eigenvalue weighted by Crippen LogP contribution is -2.51. The molecule has 0 spiro atoms. The summed E-state index contributed by atoms with van der Waals surface area (Å²) >= 11 is 7.81. The molecule has 0 radical (unpaired) electrons. The van der Waals surface area contributed by atoms with Crippen molar-refractivity contribution in [1.82, 2.24) is 4.90 Å². The molecule has 2 aromatic rings. The number of ether oxygens (including phenoxy) is 1. The van der Waals surface area contributed by atoms with Gasteiger partial charge in [-0.15, -0.1) is 11.3 Å². The van der Waals surface area contributed by atoms with Crippen molar-refractivity contribution in [2.75, 3.05) is 6.54 Å². The molecule has 1 aromatic heterocycles. The first kappa shape index (κ1) is 21.8. The van der Waals surface area contributed by atoms with Crippen LogP contribution in [0.1, 0.15) is 50.1 Å². The molecule has 0 aliphatic carbocycles. The minimum absolute atomic E-state index is 0.248. The van der Waals surface area contributed by atoms with Gasteiger partial charge >= 0.3 is 11.9 Å². The minimum Gasteiger partial charge on any atom is -0.480 e. The molecule has 29 heavy (non-hydrogen) atoms. The van der Waals surface area contributed by atoms with E-state index >= 15 is 0 Å². The second-order valence-corrected chi connectivity index (χ2v) is 9.68. The van der Waals surface area contributed by atoms with Gasteiger partial charge in [-0.25, -0.2) is 4.79 Å². The Hall–Kier alpha value is -1.89. The van der Waals surface area contributed by atoms with Crippen molar-refractivity contribution in [3.63, 3.8) is 0 Å². The number of carboxylic acid groups (broad SMARTS) is 1. The molecule has 1 aromatic carbocycles. The minimum atomic E-state index is -1.25. The average Bonchev–Trinajstić information content (AvgIpc) is 3.08. The summed E-state index contributed by atoms with van der Waals surface area (Å²) in [6.45, 7) is 8.42. The standard InChI is InChI=1S/C22H26ClNO4S/c1-5-21(2,3)20(27)28-18-12-14-13-24(11-10-17(14)29-18)22(4,19(25)26)15-8-6-7-9-16(15)23/h6-9,12H,5,10-11,13H2,1-4H3,(H,25,26). The van der Waals surface area contributed by atoms with Gasteiger partial charge in [0, 0.05) is 28.6 Å². The highest BCUT2D eigenvalue weighted by Gasteiger charge is 2.44. The molecular weight excluding hydrogens is 410 g/mol. The fraction of sp³-hybridized carbons (Fsp3) is 0.455. The lowest BCUT2D eigenvalue weighted by atomic mass is 9.88. The highest BCUT2D eigenvalue weighted by Crippen LogP contribution is 2.40. The Morgan fingerprint density at radius 1 is 1.28 bits per heavy atom. The number of benzene rings is 1. The molecule has 5 nitrogen and oxygen atoms in total. The Kier molecular flexibility index (Phi) is 6.08. The maximum Gasteiger partial charge on any atom is 0.328 e. The summed E-state index contributed by atoms with van der Waals surface area (Å²) in [6, 6.07) is 8.94. The number of carbonyl (C=O) groups is 2. The number of fused-ring (bicyclic) bond motifs is 1. The molecule has 156 valence electrons. The molecule has 0 fully saturated rings. The molecule has 3 rings (SSSR count).